The number of hydrogen-bond acceptors (Lipinski definition) is 4. The minimum atomic E-state index is -0.460. The van der Waals surface area contributed by atoms with Crippen LogP contribution < -0.4 is 11.1 Å². The molecule has 1 aliphatic carbocycles. The molecule has 0 bridgehead atoms. The highest BCUT2D eigenvalue weighted by atomic mass is 32.1. The number of fused-ring (bicyclic) bond motifs is 1. The lowest BCUT2D eigenvalue weighted by Crippen LogP contribution is -2.29. The molecule has 2 aromatic heterocycles. The van der Waals surface area contributed by atoms with Crippen LogP contribution in [0.15, 0.2) is 23.6 Å². The van der Waals surface area contributed by atoms with Gasteiger partial charge in [-0.05, 0) is 53.7 Å². The van der Waals surface area contributed by atoms with Crippen LogP contribution >= 0.6 is 22.7 Å². The summed E-state index contributed by atoms with van der Waals surface area (Å²) in [5.74, 6) is -0.121. The molecule has 1 aliphatic rings. The fourth-order valence-electron chi connectivity index (χ4n) is 3.59. The van der Waals surface area contributed by atoms with Crippen molar-refractivity contribution in [2.45, 2.75) is 46.5 Å². The molecule has 3 rings (SSSR count). The smallest absolute Gasteiger partial charge is 0.251 e. The van der Waals surface area contributed by atoms with Gasteiger partial charge in [-0.2, -0.15) is 0 Å². The van der Waals surface area contributed by atoms with Gasteiger partial charge in [0.25, 0.3) is 5.91 Å². The molecule has 1 unspecified atom stereocenters. The number of carbonyl (C=O) groups is 2. The number of carbonyl (C=O) groups excluding carboxylic acids is 2. The molecule has 1 atom stereocenters. The number of hydrogen-bond donors (Lipinski definition) is 2. The highest BCUT2D eigenvalue weighted by Gasteiger charge is 2.34. The second-order valence-electron chi connectivity index (χ2n) is 7.69. The van der Waals surface area contributed by atoms with Crippen LogP contribution in [0.1, 0.15) is 59.3 Å². The van der Waals surface area contributed by atoms with Crippen molar-refractivity contribution in [3.63, 3.8) is 0 Å². The minimum Gasteiger partial charge on any atom is -0.365 e. The van der Waals surface area contributed by atoms with E-state index in [9.17, 15) is 9.59 Å². The van der Waals surface area contributed by atoms with Crippen molar-refractivity contribution in [3.8, 4) is 0 Å². The first-order chi connectivity index (χ1) is 12.8. The van der Waals surface area contributed by atoms with Crippen molar-refractivity contribution < 1.29 is 9.59 Å². The maximum Gasteiger partial charge on any atom is 0.251 e. The summed E-state index contributed by atoms with van der Waals surface area (Å²) in [6.07, 6.45) is 7.24. The summed E-state index contributed by atoms with van der Waals surface area (Å²) in [7, 11) is 0. The molecule has 0 spiro atoms. The molecule has 3 N–H and O–H groups in total. The van der Waals surface area contributed by atoms with Gasteiger partial charge in [-0.1, -0.05) is 33.3 Å². The predicted molar refractivity (Wildman–Crippen MR) is 114 cm³/mol. The molecular formula is C21H26N2O2S2. The molecule has 0 saturated carbocycles. The Labute approximate surface area is 168 Å². The predicted octanol–water partition coefficient (Wildman–Crippen LogP) is 5.10. The van der Waals surface area contributed by atoms with E-state index in [0.29, 0.717) is 16.5 Å². The van der Waals surface area contributed by atoms with E-state index in [1.165, 1.54) is 22.3 Å². The molecule has 0 saturated heterocycles. The van der Waals surface area contributed by atoms with Crippen molar-refractivity contribution in [1.82, 2.24) is 0 Å². The Bertz CT molecular complexity index is 863. The maximum absolute atomic E-state index is 12.3. The largest absolute Gasteiger partial charge is 0.365 e. The Morgan fingerprint density at radius 2 is 2.19 bits per heavy atom. The van der Waals surface area contributed by atoms with Crippen LogP contribution in [-0.2, 0) is 17.6 Å². The highest BCUT2D eigenvalue weighted by molar-refractivity contribution is 7.17. The normalized spacial score (nSPS) is 17.1. The molecule has 0 radical (unpaired) electrons. The summed E-state index contributed by atoms with van der Waals surface area (Å²) in [5.41, 5.74) is 7.46. The van der Waals surface area contributed by atoms with Gasteiger partial charge >= 0.3 is 0 Å². The van der Waals surface area contributed by atoms with Gasteiger partial charge in [-0.3, -0.25) is 9.59 Å². The van der Waals surface area contributed by atoms with Gasteiger partial charge in [0, 0.05) is 15.8 Å². The van der Waals surface area contributed by atoms with E-state index < -0.39 is 5.91 Å². The lowest BCUT2D eigenvalue weighted by Gasteiger charge is -2.36. The number of thiophene rings is 2. The Hall–Kier alpha value is -1.92. The van der Waals surface area contributed by atoms with E-state index in [0.717, 1.165) is 36.1 Å². The first-order valence-corrected chi connectivity index (χ1v) is 11.0. The van der Waals surface area contributed by atoms with Gasteiger partial charge in [-0.15, -0.1) is 22.7 Å². The number of rotatable bonds is 6. The minimum absolute atomic E-state index is 0.241. The first kappa shape index (κ1) is 19.8. The molecule has 144 valence electrons. The molecule has 27 heavy (non-hydrogen) atoms. The second-order valence-corrected chi connectivity index (χ2v) is 9.78. The zero-order valence-electron chi connectivity index (χ0n) is 16.0. The van der Waals surface area contributed by atoms with Crippen LogP contribution in [0.2, 0.25) is 0 Å². The third-order valence-electron chi connectivity index (χ3n) is 5.71. The van der Waals surface area contributed by atoms with Crippen LogP contribution in [-0.4, -0.2) is 11.8 Å². The van der Waals surface area contributed by atoms with Gasteiger partial charge in [0.2, 0.25) is 5.91 Å². The Morgan fingerprint density at radius 1 is 1.41 bits per heavy atom. The van der Waals surface area contributed by atoms with Crippen molar-refractivity contribution in [2.75, 3.05) is 5.32 Å². The summed E-state index contributed by atoms with van der Waals surface area (Å²) < 4.78 is 0. The summed E-state index contributed by atoms with van der Waals surface area (Å²) >= 11 is 3.08. The van der Waals surface area contributed by atoms with Crippen LogP contribution in [0, 0.1) is 11.3 Å². The number of anilines is 1. The quantitative estimate of drug-likeness (QED) is 0.660. The van der Waals surface area contributed by atoms with Gasteiger partial charge < -0.3 is 11.1 Å². The maximum atomic E-state index is 12.3. The van der Waals surface area contributed by atoms with Gasteiger partial charge in [0.05, 0.1) is 5.56 Å². The lowest BCUT2D eigenvalue weighted by atomic mass is 9.69. The summed E-state index contributed by atoms with van der Waals surface area (Å²) in [4.78, 5) is 26.6. The van der Waals surface area contributed by atoms with E-state index in [1.54, 1.807) is 17.4 Å². The molecule has 0 fully saturated rings. The van der Waals surface area contributed by atoms with Crippen LogP contribution in [0.3, 0.4) is 0 Å². The number of nitrogens with two attached hydrogens (primary N) is 1. The summed E-state index contributed by atoms with van der Waals surface area (Å²) in [5, 5.41) is 5.42. The number of amides is 2. The fourth-order valence-corrected chi connectivity index (χ4v) is 5.54. The van der Waals surface area contributed by atoms with E-state index in [2.05, 4.69) is 26.1 Å². The zero-order chi connectivity index (χ0) is 19.6. The van der Waals surface area contributed by atoms with E-state index in [4.69, 9.17) is 5.73 Å². The average Bonchev–Trinajstić information content (AvgIpc) is 3.26. The van der Waals surface area contributed by atoms with Crippen molar-refractivity contribution in [2.24, 2.45) is 17.1 Å². The standard InChI is InChI=1S/C21H26N2O2S2/c1-4-21(2,3)13-7-9-15-16(12-13)27-20(18(15)19(22)25)23-17(24)10-8-14-6-5-11-26-14/h5-6,8,10-11,13H,4,7,9,12H2,1-3H3,(H2,22,25)(H,23,24)/b10-8+. The third kappa shape index (κ3) is 4.33. The fraction of sp³-hybridized carbons (Fsp3) is 0.429. The zero-order valence-corrected chi connectivity index (χ0v) is 17.6. The molecule has 2 heterocycles. The summed E-state index contributed by atoms with van der Waals surface area (Å²) in [6.45, 7) is 6.84. The molecule has 2 amide bonds. The van der Waals surface area contributed by atoms with Crippen molar-refractivity contribution in [1.29, 1.82) is 0 Å². The van der Waals surface area contributed by atoms with Gasteiger partial charge in [0.1, 0.15) is 5.00 Å². The topological polar surface area (TPSA) is 72.2 Å². The molecule has 0 aliphatic heterocycles. The Kier molecular flexibility index (Phi) is 5.86. The monoisotopic (exact) mass is 402 g/mol. The van der Waals surface area contributed by atoms with E-state index >= 15 is 0 Å². The SMILES string of the molecule is CCC(C)(C)C1CCc2c(sc(NC(=O)/C=C/c3cccs3)c2C(N)=O)C1. The van der Waals surface area contributed by atoms with Crippen LogP contribution in [0.25, 0.3) is 6.08 Å². The van der Waals surface area contributed by atoms with E-state index in [-0.39, 0.29) is 11.3 Å². The third-order valence-corrected chi connectivity index (χ3v) is 7.71. The average molecular weight is 403 g/mol. The van der Waals surface area contributed by atoms with Gasteiger partial charge in [0.15, 0.2) is 0 Å². The Morgan fingerprint density at radius 3 is 2.81 bits per heavy atom. The van der Waals surface area contributed by atoms with E-state index in [1.807, 2.05) is 17.5 Å². The summed E-state index contributed by atoms with van der Waals surface area (Å²) in [6, 6.07) is 3.89. The second kappa shape index (κ2) is 7.98. The Balaban J connectivity index is 1.82. The van der Waals surface area contributed by atoms with Crippen LogP contribution in [0.4, 0.5) is 5.00 Å². The van der Waals surface area contributed by atoms with Crippen molar-refractivity contribution in [3.05, 3.63) is 44.5 Å². The lowest BCUT2D eigenvalue weighted by molar-refractivity contribution is -0.111. The number of nitrogens with one attached hydrogen (secondary N) is 1. The molecule has 0 aromatic carbocycles. The first-order valence-electron chi connectivity index (χ1n) is 9.28. The van der Waals surface area contributed by atoms with Gasteiger partial charge in [-0.25, -0.2) is 0 Å². The molecule has 2 aromatic rings. The molecule has 6 heteroatoms. The highest BCUT2D eigenvalue weighted by Crippen LogP contribution is 2.45. The molecule has 4 nitrogen and oxygen atoms in total. The van der Waals surface area contributed by atoms with Crippen molar-refractivity contribution >= 4 is 45.6 Å². The molecular weight excluding hydrogens is 376 g/mol. The van der Waals surface area contributed by atoms with Crippen LogP contribution in [0.5, 0.6) is 0 Å². The number of primary amides is 1.